The number of carbonyl (C=O) groups excluding carboxylic acids is 1. The average Bonchev–Trinajstić information content (AvgIpc) is 3.33. The number of nitrogens with zero attached hydrogens (tertiary/aromatic N) is 2. The quantitative estimate of drug-likeness (QED) is 0.415. The van der Waals surface area contributed by atoms with Crippen LogP contribution in [0.25, 0.3) is 6.08 Å². The normalized spacial score (nSPS) is 20.3. The van der Waals surface area contributed by atoms with Crippen molar-refractivity contribution in [3.63, 3.8) is 0 Å². The monoisotopic (exact) mass is 446 g/mol. The Hall–Kier alpha value is -2.96. The number of likely N-dealkylation sites (tertiary alicyclic amines) is 1. The van der Waals surface area contributed by atoms with Gasteiger partial charge in [0.25, 0.3) is 5.56 Å². The molecule has 2 bridgehead atoms. The molecule has 2 aliphatic rings. The van der Waals surface area contributed by atoms with Gasteiger partial charge in [0.15, 0.2) is 5.78 Å². The highest BCUT2D eigenvalue weighted by Crippen LogP contribution is 2.36. The van der Waals surface area contributed by atoms with Crippen LogP contribution in [0.2, 0.25) is 0 Å². The maximum Gasteiger partial charge on any atom is 0.250 e. The van der Waals surface area contributed by atoms with Gasteiger partial charge in [0.2, 0.25) is 0 Å². The molecule has 0 saturated carbocycles. The van der Waals surface area contributed by atoms with E-state index in [9.17, 15) is 9.59 Å². The second kappa shape index (κ2) is 8.88. The van der Waals surface area contributed by atoms with E-state index in [0.29, 0.717) is 11.8 Å². The predicted octanol–water partition coefficient (Wildman–Crippen LogP) is 4.43. The fraction of sp³-hybridized carbons (Fsp3) is 0.308. The first-order valence-corrected chi connectivity index (χ1v) is 11.8. The molecule has 1 fully saturated rings. The van der Waals surface area contributed by atoms with Crippen LogP contribution in [0, 0.1) is 5.92 Å². The van der Waals surface area contributed by atoms with Crippen LogP contribution in [0.3, 0.4) is 0 Å². The van der Waals surface area contributed by atoms with Crippen LogP contribution in [0.15, 0.2) is 64.8 Å². The van der Waals surface area contributed by atoms with E-state index in [2.05, 4.69) is 17.0 Å². The summed E-state index contributed by atoms with van der Waals surface area (Å²) in [5.74, 6) is 1.75. The molecule has 5 nitrogen and oxygen atoms in total. The number of piperidine rings is 1. The lowest BCUT2D eigenvalue weighted by molar-refractivity contribution is 0.105. The van der Waals surface area contributed by atoms with Crippen molar-refractivity contribution in [3.8, 4) is 5.75 Å². The minimum Gasteiger partial charge on any atom is -0.496 e. The molecule has 0 N–H and O–H groups in total. The number of rotatable bonds is 6. The fourth-order valence-corrected chi connectivity index (χ4v) is 5.71. The molecular formula is C26H26N2O3S. The zero-order chi connectivity index (χ0) is 22.1. The van der Waals surface area contributed by atoms with Crippen LogP contribution in [0.5, 0.6) is 5.75 Å². The lowest BCUT2D eigenvalue weighted by Gasteiger charge is -2.43. The lowest BCUT2D eigenvalue weighted by Crippen LogP contribution is -2.46. The Bertz CT molecular complexity index is 1210. The first-order chi connectivity index (χ1) is 15.6. The van der Waals surface area contributed by atoms with Gasteiger partial charge in [-0.25, -0.2) is 0 Å². The topological polar surface area (TPSA) is 51.5 Å². The summed E-state index contributed by atoms with van der Waals surface area (Å²) in [7, 11) is 1.70. The number of pyridine rings is 1. The van der Waals surface area contributed by atoms with E-state index < -0.39 is 0 Å². The molecule has 0 aliphatic carbocycles. The highest BCUT2D eigenvalue weighted by molar-refractivity contribution is 7.12. The number of hydrogen-bond donors (Lipinski definition) is 0. The first kappa shape index (κ1) is 20.9. The molecule has 2 aromatic heterocycles. The van der Waals surface area contributed by atoms with E-state index in [-0.39, 0.29) is 11.3 Å². The molecule has 164 valence electrons. The second-order valence-corrected chi connectivity index (χ2v) is 9.59. The van der Waals surface area contributed by atoms with Crippen LogP contribution in [0.4, 0.5) is 0 Å². The van der Waals surface area contributed by atoms with Gasteiger partial charge in [0.05, 0.1) is 12.0 Å². The molecule has 1 aromatic carbocycles. The first-order valence-electron chi connectivity index (χ1n) is 11.0. The molecule has 0 radical (unpaired) electrons. The summed E-state index contributed by atoms with van der Waals surface area (Å²) in [4.78, 5) is 27.8. The predicted molar refractivity (Wildman–Crippen MR) is 128 cm³/mol. The second-order valence-electron chi connectivity index (χ2n) is 8.64. The van der Waals surface area contributed by atoms with Crippen molar-refractivity contribution in [2.24, 2.45) is 5.92 Å². The Morgan fingerprint density at radius 1 is 1.16 bits per heavy atom. The summed E-state index contributed by atoms with van der Waals surface area (Å²) in [6, 6.07) is 15.4. The molecular weight excluding hydrogens is 420 g/mol. The minimum absolute atomic E-state index is 0.0233. The van der Waals surface area contributed by atoms with Gasteiger partial charge in [0.1, 0.15) is 5.75 Å². The van der Waals surface area contributed by atoms with Gasteiger partial charge < -0.3 is 9.30 Å². The molecule has 0 spiro atoms. The van der Waals surface area contributed by atoms with E-state index >= 15 is 0 Å². The highest BCUT2D eigenvalue weighted by atomic mass is 32.1. The summed E-state index contributed by atoms with van der Waals surface area (Å²) in [6.45, 7) is 3.48. The number of aromatic nitrogens is 1. The number of ketones is 1. The molecule has 4 heterocycles. The Balaban J connectivity index is 1.34. The van der Waals surface area contributed by atoms with E-state index in [1.54, 1.807) is 19.3 Å². The van der Waals surface area contributed by atoms with Crippen LogP contribution < -0.4 is 10.3 Å². The van der Waals surface area contributed by atoms with Crippen LogP contribution in [0.1, 0.15) is 38.8 Å². The minimum atomic E-state index is 0.0233. The van der Waals surface area contributed by atoms with Crippen LogP contribution >= 0.6 is 11.3 Å². The number of thiophene rings is 1. The summed E-state index contributed by atoms with van der Waals surface area (Å²) >= 11 is 1.45. The van der Waals surface area contributed by atoms with Gasteiger partial charge in [0, 0.05) is 49.4 Å². The third kappa shape index (κ3) is 4.20. The number of allylic oxidation sites excluding steroid dienone is 1. The van der Waals surface area contributed by atoms with Crippen LogP contribution in [-0.2, 0) is 13.1 Å². The smallest absolute Gasteiger partial charge is 0.250 e. The van der Waals surface area contributed by atoms with E-state index in [1.165, 1.54) is 11.3 Å². The molecule has 2 atom stereocenters. The van der Waals surface area contributed by atoms with Crippen molar-refractivity contribution in [2.45, 2.75) is 25.4 Å². The van der Waals surface area contributed by atoms with E-state index in [1.807, 2.05) is 46.4 Å². The van der Waals surface area contributed by atoms with E-state index in [0.717, 1.165) is 60.0 Å². The third-order valence-corrected chi connectivity index (χ3v) is 7.33. The molecule has 2 aliphatic heterocycles. The summed E-state index contributed by atoms with van der Waals surface area (Å²) in [5.41, 5.74) is 3.38. The van der Waals surface area contributed by atoms with Crippen molar-refractivity contribution >= 4 is 23.2 Å². The summed E-state index contributed by atoms with van der Waals surface area (Å²) in [6.07, 6.45) is 4.65. The van der Waals surface area contributed by atoms with Gasteiger partial charge in [-0.3, -0.25) is 14.5 Å². The van der Waals surface area contributed by atoms with Gasteiger partial charge in [-0.15, -0.1) is 11.3 Å². The number of benzene rings is 1. The Kier molecular flexibility index (Phi) is 5.81. The zero-order valence-electron chi connectivity index (χ0n) is 18.1. The number of methoxy groups -OCH3 is 1. The van der Waals surface area contributed by atoms with Gasteiger partial charge in [-0.2, -0.15) is 0 Å². The number of fused-ring (bicyclic) bond motifs is 4. The zero-order valence-corrected chi connectivity index (χ0v) is 18.9. The Morgan fingerprint density at radius 3 is 2.88 bits per heavy atom. The van der Waals surface area contributed by atoms with Crippen molar-refractivity contribution in [1.82, 2.24) is 9.47 Å². The molecule has 3 aromatic rings. The van der Waals surface area contributed by atoms with Crippen molar-refractivity contribution in [1.29, 1.82) is 0 Å². The number of carbonyl (C=O) groups is 1. The SMILES string of the molecule is COc1ccc(/C=C/C(=O)c2cccs2)cc1CN1C[C@@H]2C[C@H](C1)c1cccc(=O)n1C2. The maximum absolute atomic E-state index is 12.3. The van der Waals surface area contributed by atoms with Crippen molar-refractivity contribution < 1.29 is 9.53 Å². The summed E-state index contributed by atoms with van der Waals surface area (Å²) in [5, 5.41) is 1.91. The molecule has 1 saturated heterocycles. The average molecular weight is 447 g/mol. The molecule has 6 heteroatoms. The molecule has 32 heavy (non-hydrogen) atoms. The van der Waals surface area contributed by atoms with Gasteiger partial charge in [-0.05, 0) is 53.6 Å². The Labute approximate surface area is 191 Å². The fourth-order valence-electron chi connectivity index (χ4n) is 5.06. The largest absolute Gasteiger partial charge is 0.496 e. The van der Waals surface area contributed by atoms with Crippen LogP contribution in [-0.4, -0.2) is 35.4 Å². The molecule has 5 rings (SSSR count). The molecule has 0 unspecified atom stereocenters. The molecule has 0 amide bonds. The lowest BCUT2D eigenvalue weighted by atomic mass is 9.83. The van der Waals surface area contributed by atoms with Gasteiger partial charge >= 0.3 is 0 Å². The van der Waals surface area contributed by atoms with Crippen molar-refractivity contribution in [3.05, 3.63) is 92.0 Å². The van der Waals surface area contributed by atoms with Gasteiger partial charge in [-0.1, -0.05) is 24.3 Å². The van der Waals surface area contributed by atoms with Crippen molar-refractivity contribution in [2.75, 3.05) is 20.2 Å². The highest BCUT2D eigenvalue weighted by Gasteiger charge is 2.34. The van der Waals surface area contributed by atoms with E-state index in [4.69, 9.17) is 4.74 Å². The summed E-state index contributed by atoms with van der Waals surface area (Å²) < 4.78 is 7.60. The maximum atomic E-state index is 12.3. The Morgan fingerprint density at radius 2 is 2.06 bits per heavy atom. The third-order valence-electron chi connectivity index (χ3n) is 6.44. The standard InChI is InChI=1S/C26H26N2O3S/c1-31-24-10-8-18(7-9-23(29)25-5-3-11-32-25)12-21(24)17-27-14-19-13-20(16-27)22-4-2-6-26(30)28(22)15-19/h2-12,19-20H,13-17H2,1H3/b9-7+/t19-,20+/m0/s1. The number of ether oxygens (including phenoxy) is 1. The number of hydrogen-bond acceptors (Lipinski definition) is 5.